The Morgan fingerprint density at radius 2 is 0.905 bits per heavy atom. The molecule has 4 rings (SSSR count). The number of halogens is 5. The Morgan fingerprint density at radius 1 is 0.524 bits per heavy atom. The molecular weight excluding hydrogens is 539 g/mol. The molecule has 5 heteroatoms. The van der Waals surface area contributed by atoms with Crippen LogP contribution in [0.2, 0.25) is 0 Å². The number of hydrogen-bond donors (Lipinski definition) is 0. The van der Waals surface area contributed by atoms with Gasteiger partial charge in [0.05, 0.1) is 0 Å². The highest BCUT2D eigenvalue weighted by Crippen LogP contribution is 2.56. The molecular formula is C37H69F5. The molecule has 0 N–H and O–H groups in total. The fourth-order valence-corrected chi connectivity index (χ4v) is 7.37. The first-order chi connectivity index (χ1) is 18.2. The summed E-state index contributed by atoms with van der Waals surface area (Å²) in [7, 11) is 0. The van der Waals surface area contributed by atoms with Gasteiger partial charge in [-0.05, 0) is 112 Å². The molecule has 4 saturated carbocycles. The van der Waals surface area contributed by atoms with Gasteiger partial charge in [0.1, 0.15) is 17.0 Å². The lowest BCUT2D eigenvalue weighted by Crippen LogP contribution is -2.43. The highest BCUT2D eigenvalue weighted by molar-refractivity contribution is 5.05. The second-order valence-electron chi connectivity index (χ2n) is 20.0. The van der Waals surface area contributed by atoms with Gasteiger partial charge in [-0.3, -0.25) is 0 Å². The monoisotopic (exact) mass is 609 g/mol. The topological polar surface area (TPSA) is 0 Å². The molecule has 0 nitrogen and oxygen atoms in total. The molecule has 0 aliphatic heterocycles. The Labute approximate surface area is 258 Å². The van der Waals surface area contributed by atoms with E-state index in [4.69, 9.17) is 0 Å². The zero-order chi connectivity index (χ0) is 33.4. The highest BCUT2D eigenvalue weighted by Gasteiger charge is 2.56. The fraction of sp³-hybridized carbons (Fsp3) is 1.00. The Morgan fingerprint density at radius 3 is 1.10 bits per heavy atom. The number of rotatable bonds is 2. The molecule has 3 atom stereocenters. The zero-order valence-electron chi connectivity index (χ0n) is 30.3. The maximum Gasteiger partial charge on any atom is 0.248 e. The normalized spacial score (nSPS) is 37.4. The molecule has 0 spiro atoms. The van der Waals surface area contributed by atoms with E-state index in [0.29, 0.717) is 35.0 Å². The van der Waals surface area contributed by atoms with Crippen molar-refractivity contribution in [3.8, 4) is 0 Å². The molecule has 3 unspecified atom stereocenters. The Balaban J connectivity index is 0.000000281. The molecule has 0 aromatic heterocycles. The predicted octanol–water partition coefficient (Wildman–Crippen LogP) is 13.4. The molecule has 0 heterocycles. The average molecular weight is 609 g/mol. The van der Waals surface area contributed by atoms with Crippen molar-refractivity contribution in [1.82, 2.24) is 0 Å². The summed E-state index contributed by atoms with van der Waals surface area (Å²) in [6.07, 6.45) is 6.88. The van der Waals surface area contributed by atoms with Crippen LogP contribution >= 0.6 is 0 Å². The Bertz CT molecular complexity index is 810. The van der Waals surface area contributed by atoms with Crippen LogP contribution in [0.1, 0.15) is 168 Å². The van der Waals surface area contributed by atoms with E-state index >= 15 is 0 Å². The van der Waals surface area contributed by atoms with E-state index in [1.165, 1.54) is 6.42 Å². The van der Waals surface area contributed by atoms with Crippen LogP contribution in [0.4, 0.5) is 22.0 Å². The van der Waals surface area contributed by atoms with Crippen LogP contribution in [0.15, 0.2) is 0 Å². The molecule has 4 aliphatic rings. The van der Waals surface area contributed by atoms with Crippen LogP contribution in [0.25, 0.3) is 0 Å². The largest absolute Gasteiger partial charge is 0.248 e. The fourth-order valence-electron chi connectivity index (χ4n) is 7.37. The van der Waals surface area contributed by atoms with Gasteiger partial charge < -0.3 is 0 Å². The molecule has 4 aliphatic carbocycles. The summed E-state index contributed by atoms with van der Waals surface area (Å²) in [5.74, 6) is -0.576. The van der Waals surface area contributed by atoms with Crippen molar-refractivity contribution in [3.63, 3.8) is 0 Å². The van der Waals surface area contributed by atoms with Crippen LogP contribution in [-0.4, -0.2) is 22.9 Å². The second-order valence-corrected chi connectivity index (χ2v) is 20.0. The molecule has 0 aromatic rings. The maximum atomic E-state index is 13.0. The third-order valence-corrected chi connectivity index (χ3v) is 9.52. The smallest absolute Gasteiger partial charge is 0.244 e. The number of alkyl halides is 5. The van der Waals surface area contributed by atoms with Gasteiger partial charge in [-0.25, -0.2) is 22.0 Å². The summed E-state index contributed by atoms with van der Waals surface area (Å²) in [5.41, 5.74) is -1.48. The molecule has 42 heavy (non-hydrogen) atoms. The molecule has 0 amide bonds. The van der Waals surface area contributed by atoms with Gasteiger partial charge >= 0.3 is 0 Å². The third-order valence-electron chi connectivity index (χ3n) is 9.52. The summed E-state index contributed by atoms with van der Waals surface area (Å²) < 4.78 is 64.5. The lowest BCUT2D eigenvalue weighted by molar-refractivity contribution is -0.0289. The van der Waals surface area contributed by atoms with E-state index in [9.17, 15) is 22.0 Å². The molecule has 252 valence electrons. The first-order valence-electron chi connectivity index (χ1n) is 16.7. The average Bonchev–Trinajstić information content (AvgIpc) is 3.18. The van der Waals surface area contributed by atoms with E-state index in [2.05, 4.69) is 83.1 Å². The van der Waals surface area contributed by atoms with Crippen molar-refractivity contribution >= 4 is 0 Å². The van der Waals surface area contributed by atoms with E-state index in [0.717, 1.165) is 38.5 Å². The Hall–Kier alpha value is -0.350. The molecule has 4 fully saturated rings. The van der Waals surface area contributed by atoms with Gasteiger partial charge in [-0.15, -0.1) is 0 Å². The SMILES string of the molecule is CC(C)(C)C1CC1(C)F.CC(C)(C)CC1CC(C)(F)C1.CC(C)(C)CC1CCC(F)(F)C1.CC1(F)CC(C(C)(C)C)C1. The minimum atomic E-state index is -2.37. The summed E-state index contributed by atoms with van der Waals surface area (Å²) in [6, 6.07) is 0. The standard InChI is InChI=1S/C10H18F2.C10H19F.C9H17F.C8H15F/c1-9(2,3)6-8-4-5-10(11,12)7-8;1-9(2,3)5-8-6-10(4,11)7-8;1-8(2,3)7-5-9(4,10)6-7;1-7(2,3)6-5-8(6,4)9/h8H,4-7H2,1-3H3;8H,5-7H2,1-4H3;7H,5-6H2,1-4H3;6H,5H2,1-4H3. The van der Waals surface area contributed by atoms with Crippen LogP contribution in [0, 0.1) is 45.3 Å². The van der Waals surface area contributed by atoms with Gasteiger partial charge in [0.25, 0.3) is 0 Å². The van der Waals surface area contributed by atoms with E-state index in [1.807, 2.05) is 0 Å². The second kappa shape index (κ2) is 13.2. The third kappa shape index (κ3) is 15.6. The predicted molar refractivity (Wildman–Crippen MR) is 171 cm³/mol. The van der Waals surface area contributed by atoms with Crippen LogP contribution in [-0.2, 0) is 0 Å². The van der Waals surface area contributed by atoms with E-state index in [-0.39, 0.29) is 29.6 Å². The maximum absolute atomic E-state index is 13.0. The molecule has 0 aromatic carbocycles. The highest BCUT2D eigenvalue weighted by atomic mass is 19.3. The van der Waals surface area contributed by atoms with Gasteiger partial charge in [0, 0.05) is 18.8 Å². The van der Waals surface area contributed by atoms with E-state index in [1.54, 1.807) is 20.8 Å². The van der Waals surface area contributed by atoms with Crippen LogP contribution < -0.4 is 0 Å². The van der Waals surface area contributed by atoms with Gasteiger partial charge in [0.15, 0.2) is 0 Å². The van der Waals surface area contributed by atoms with Crippen LogP contribution in [0.5, 0.6) is 0 Å². The molecule has 0 saturated heterocycles. The zero-order valence-corrected chi connectivity index (χ0v) is 30.3. The summed E-state index contributed by atoms with van der Waals surface area (Å²) in [6.45, 7) is 31.0. The van der Waals surface area contributed by atoms with Gasteiger partial charge in [0.2, 0.25) is 5.92 Å². The molecule has 0 bridgehead atoms. The van der Waals surface area contributed by atoms with Crippen LogP contribution in [0.3, 0.4) is 0 Å². The quantitative estimate of drug-likeness (QED) is 0.274. The first kappa shape index (κ1) is 39.7. The van der Waals surface area contributed by atoms with Crippen molar-refractivity contribution < 1.29 is 22.0 Å². The minimum Gasteiger partial charge on any atom is -0.244 e. The molecule has 0 radical (unpaired) electrons. The minimum absolute atomic E-state index is 0.105. The first-order valence-corrected chi connectivity index (χ1v) is 16.7. The summed E-state index contributed by atoms with van der Waals surface area (Å²) in [4.78, 5) is 0. The van der Waals surface area contributed by atoms with Crippen molar-refractivity contribution in [1.29, 1.82) is 0 Å². The van der Waals surface area contributed by atoms with Crippen molar-refractivity contribution in [2.24, 2.45) is 45.3 Å². The van der Waals surface area contributed by atoms with Gasteiger partial charge in [-0.2, -0.15) is 0 Å². The Kier molecular flexibility index (Phi) is 12.4. The lowest BCUT2D eigenvalue weighted by atomic mass is 9.62. The lowest BCUT2D eigenvalue weighted by Gasteiger charge is -2.46. The number of hydrogen-bond acceptors (Lipinski definition) is 0. The van der Waals surface area contributed by atoms with E-state index < -0.39 is 22.9 Å². The summed E-state index contributed by atoms with van der Waals surface area (Å²) >= 11 is 0. The van der Waals surface area contributed by atoms with Crippen molar-refractivity contribution in [2.45, 2.75) is 191 Å². The van der Waals surface area contributed by atoms with Crippen molar-refractivity contribution in [3.05, 3.63) is 0 Å². The van der Waals surface area contributed by atoms with Crippen molar-refractivity contribution in [2.75, 3.05) is 0 Å². The summed E-state index contributed by atoms with van der Waals surface area (Å²) in [5, 5.41) is 0. The van der Waals surface area contributed by atoms with Gasteiger partial charge in [-0.1, -0.05) is 83.1 Å².